The van der Waals surface area contributed by atoms with Gasteiger partial charge in [0, 0.05) is 6.54 Å². The molecule has 0 heterocycles. The summed E-state index contributed by atoms with van der Waals surface area (Å²) in [5.41, 5.74) is 6.68. The van der Waals surface area contributed by atoms with E-state index in [1.54, 1.807) is 24.3 Å². The minimum Gasteiger partial charge on any atom is -0.352 e. The minimum atomic E-state index is -0.549. The molecule has 0 saturated carbocycles. The Hall–Kier alpha value is -1.59. The number of nitrogens with one attached hydrogen (secondary N) is 2. The number of nitrogens with two attached hydrogens (primary N) is 1. The number of rotatable bonds is 6. The highest BCUT2D eigenvalue weighted by atomic mass is 35.5. The molecule has 1 aromatic carbocycles. The predicted molar refractivity (Wildman–Crippen MR) is 83.2 cm³/mol. The van der Waals surface area contributed by atoms with Crippen molar-refractivity contribution in [1.82, 2.24) is 5.32 Å². The van der Waals surface area contributed by atoms with Gasteiger partial charge in [0.05, 0.1) is 17.3 Å². The van der Waals surface area contributed by atoms with Crippen molar-refractivity contribution in [1.29, 1.82) is 0 Å². The molecule has 112 valence electrons. The molecule has 0 aromatic heterocycles. The van der Waals surface area contributed by atoms with Crippen LogP contribution in [0.1, 0.15) is 37.0 Å². The molecule has 6 heteroatoms. The molecule has 0 radical (unpaired) electrons. The number of anilines is 1. The second-order valence-electron chi connectivity index (χ2n) is 4.29. The molecule has 1 atom stereocenters. The van der Waals surface area contributed by atoms with Crippen molar-refractivity contribution in [2.75, 3.05) is 11.9 Å². The van der Waals surface area contributed by atoms with E-state index < -0.39 is 6.04 Å². The van der Waals surface area contributed by atoms with Crippen LogP contribution in [0.15, 0.2) is 24.3 Å². The standard InChI is InChI=1S/C14H21N3O2.ClH/c1-3-7-11(15)14(19)17-12-9-6-5-8-10(12)13(18)16-4-2;/h5-6,8-9,11H,3-4,7,15H2,1-2H3,(H,16,18)(H,17,19);1H. The van der Waals surface area contributed by atoms with Crippen molar-refractivity contribution < 1.29 is 9.59 Å². The van der Waals surface area contributed by atoms with Gasteiger partial charge in [0.25, 0.3) is 5.91 Å². The quantitative estimate of drug-likeness (QED) is 0.750. The maximum absolute atomic E-state index is 11.9. The predicted octanol–water partition coefficient (Wildman–Crippen LogP) is 1.92. The van der Waals surface area contributed by atoms with Gasteiger partial charge in [0.15, 0.2) is 0 Å². The molecule has 1 rings (SSSR count). The lowest BCUT2D eigenvalue weighted by Crippen LogP contribution is -2.36. The molecule has 2 amide bonds. The van der Waals surface area contributed by atoms with Crippen LogP contribution in [0.2, 0.25) is 0 Å². The molecule has 5 nitrogen and oxygen atoms in total. The Morgan fingerprint density at radius 3 is 2.50 bits per heavy atom. The monoisotopic (exact) mass is 299 g/mol. The lowest BCUT2D eigenvalue weighted by molar-refractivity contribution is -0.117. The first-order valence-corrected chi connectivity index (χ1v) is 6.53. The summed E-state index contributed by atoms with van der Waals surface area (Å²) in [7, 11) is 0. The van der Waals surface area contributed by atoms with E-state index in [2.05, 4.69) is 10.6 Å². The summed E-state index contributed by atoms with van der Waals surface area (Å²) in [6.45, 7) is 4.35. The first kappa shape index (κ1) is 18.4. The second-order valence-corrected chi connectivity index (χ2v) is 4.29. The number of para-hydroxylation sites is 1. The summed E-state index contributed by atoms with van der Waals surface area (Å²) in [6.07, 6.45) is 1.46. The van der Waals surface area contributed by atoms with Crippen molar-refractivity contribution in [3.63, 3.8) is 0 Å². The van der Waals surface area contributed by atoms with Crippen molar-refractivity contribution in [2.24, 2.45) is 5.73 Å². The summed E-state index contributed by atoms with van der Waals surface area (Å²) in [6, 6.07) is 6.34. The topological polar surface area (TPSA) is 84.2 Å². The van der Waals surface area contributed by atoms with Crippen LogP contribution in [0.3, 0.4) is 0 Å². The normalized spacial score (nSPS) is 11.2. The lowest BCUT2D eigenvalue weighted by Gasteiger charge is -2.14. The van der Waals surface area contributed by atoms with E-state index in [-0.39, 0.29) is 24.2 Å². The van der Waals surface area contributed by atoms with Crippen LogP contribution in [0.25, 0.3) is 0 Å². The average molecular weight is 300 g/mol. The largest absolute Gasteiger partial charge is 0.352 e. The van der Waals surface area contributed by atoms with Gasteiger partial charge in [-0.3, -0.25) is 9.59 Å². The highest BCUT2D eigenvalue weighted by Gasteiger charge is 2.16. The van der Waals surface area contributed by atoms with Crippen molar-refractivity contribution in [3.05, 3.63) is 29.8 Å². The fraction of sp³-hybridized carbons (Fsp3) is 0.429. The summed E-state index contributed by atoms with van der Waals surface area (Å²) in [5, 5.41) is 5.42. The third-order valence-electron chi connectivity index (χ3n) is 2.70. The van der Waals surface area contributed by atoms with E-state index in [4.69, 9.17) is 5.73 Å². The zero-order chi connectivity index (χ0) is 14.3. The van der Waals surface area contributed by atoms with Gasteiger partial charge in [-0.15, -0.1) is 12.4 Å². The number of hydrogen-bond donors (Lipinski definition) is 3. The van der Waals surface area contributed by atoms with E-state index >= 15 is 0 Å². The lowest BCUT2D eigenvalue weighted by atomic mass is 10.1. The first-order chi connectivity index (χ1) is 9.10. The Balaban J connectivity index is 0.00000361. The van der Waals surface area contributed by atoms with Gasteiger partial charge in [-0.25, -0.2) is 0 Å². The van der Waals surface area contributed by atoms with Gasteiger partial charge in [-0.05, 0) is 25.5 Å². The second kappa shape index (κ2) is 9.34. The Bertz CT molecular complexity index is 452. The van der Waals surface area contributed by atoms with Crippen LogP contribution in [0, 0.1) is 0 Å². The highest BCUT2D eigenvalue weighted by Crippen LogP contribution is 2.15. The molecule has 0 bridgehead atoms. The minimum absolute atomic E-state index is 0. The van der Waals surface area contributed by atoms with E-state index in [0.29, 0.717) is 24.2 Å². The zero-order valence-corrected chi connectivity index (χ0v) is 12.6. The molecular weight excluding hydrogens is 278 g/mol. The smallest absolute Gasteiger partial charge is 0.253 e. The van der Waals surface area contributed by atoms with E-state index in [9.17, 15) is 9.59 Å². The molecule has 0 fully saturated rings. The van der Waals surface area contributed by atoms with Crippen LogP contribution in [0.4, 0.5) is 5.69 Å². The maximum atomic E-state index is 11.9. The van der Waals surface area contributed by atoms with Gasteiger partial charge in [0.2, 0.25) is 5.91 Å². The number of amides is 2. The maximum Gasteiger partial charge on any atom is 0.253 e. The fourth-order valence-corrected chi connectivity index (χ4v) is 1.71. The SMILES string of the molecule is CCCC(N)C(=O)Nc1ccccc1C(=O)NCC.Cl. The number of benzene rings is 1. The molecule has 20 heavy (non-hydrogen) atoms. The number of carbonyl (C=O) groups excluding carboxylic acids is 2. The molecule has 0 aliphatic carbocycles. The van der Waals surface area contributed by atoms with Crippen LogP contribution in [-0.4, -0.2) is 24.4 Å². The van der Waals surface area contributed by atoms with Gasteiger partial charge < -0.3 is 16.4 Å². The Kier molecular flexibility index (Phi) is 8.59. The Morgan fingerprint density at radius 1 is 1.25 bits per heavy atom. The molecule has 0 spiro atoms. The van der Waals surface area contributed by atoms with Crippen LogP contribution < -0.4 is 16.4 Å². The molecular formula is C14H22ClN3O2. The molecule has 0 aliphatic rings. The third-order valence-corrected chi connectivity index (χ3v) is 2.70. The number of halogens is 1. The van der Waals surface area contributed by atoms with E-state index in [1.807, 2.05) is 13.8 Å². The molecule has 4 N–H and O–H groups in total. The molecule has 0 aliphatic heterocycles. The Labute approximate surface area is 125 Å². The van der Waals surface area contributed by atoms with Crippen LogP contribution >= 0.6 is 12.4 Å². The van der Waals surface area contributed by atoms with Gasteiger partial charge in [0.1, 0.15) is 0 Å². The van der Waals surface area contributed by atoms with Gasteiger partial charge in [-0.2, -0.15) is 0 Å². The van der Waals surface area contributed by atoms with Crippen molar-refractivity contribution in [2.45, 2.75) is 32.7 Å². The van der Waals surface area contributed by atoms with Gasteiger partial charge in [-0.1, -0.05) is 25.5 Å². The summed E-state index contributed by atoms with van der Waals surface area (Å²) >= 11 is 0. The number of hydrogen-bond acceptors (Lipinski definition) is 3. The zero-order valence-electron chi connectivity index (χ0n) is 11.8. The van der Waals surface area contributed by atoms with Crippen molar-refractivity contribution >= 4 is 29.9 Å². The third kappa shape index (κ3) is 5.19. The Morgan fingerprint density at radius 2 is 1.90 bits per heavy atom. The summed E-state index contributed by atoms with van der Waals surface area (Å²) < 4.78 is 0. The molecule has 0 saturated heterocycles. The first-order valence-electron chi connectivity index (χ1n) is 6.53. The highest BCUT2D eigenvalue weighted by molar-refractivity contribution is 6.04. The number of carbonyl (C=O) groups is 2. The van der Waals surface area contributed by atoms with Crippen LogP contribution in [0.5, 0.6) is 0 Å². The average Bonchev–Trinajstić information content (AvgIpc) is 2.39. The summed E-state index contributed by atoms with van der Waals surface area (Å²) in [4.78, 5) is 23.7. The van der Waals surface area contributed by atoms with Gasteiger partial charge >= 0.3 is 0 Å². The molecule has 1 aromatic rings. The van der Waals surface area contributed by atoms with Crippen molar-refractivity contribution in [3.8, 4) is 0 Å². The van der Waals surface area contributed by atoms with E-state index in [1.165, 1.54) is 0 Å². The summed E-state index contributed by atoms with van der Waals surface area (Å²) in [5.74, 6) is -0.471. The fourth-order valence-electron chi connectivity index (χ4n) is 1.71. The van der Waals surface area contributed by atoms with Crippen LogP contribution in [-0.2, 0) is 4.79 Å². The van der Waals surface area contributed by atoms with E-state index in [0.717, 1.165) is 6.42 Å². The molecule has 1 unspecified atom stereocenters.